The van der Waals surface area contributed by atoms with E-state index in [0.717, 1.165) is 6.54 Å². The highest BCUT2D eigenvalue weighted by Crippen LogP contribution is 2.23. The van der Waals surface area contributed by atoms with E-state index in [4.69, 9.17) is 16.7 Å². The molecule has 0 spiro atoms. The first-order chi connectivity index (χ1) is 9.26. The fourth-order valence-electron chi connectivity index (χ4n) is 1.69. The Labute approximate surface area is 125 Å². The number of nitrogens with zero attached hydrogens (tertiary/aromatic N) is 1. The summed E-state index contributed by atoms with van der Waals surface area (Å²) in [5, 5.41) is 9.23. The van der Waals surface area contributed by atoms with Crippen molar-refractivity contribution in [3.8, 4) is 0 Å². The first kappa shape index (κ1) is 17.4. The lowest BCUT2D eigenvalue weighted by atomic mass is 10.2. The largest absolute Gasteiger partial charge is 0.392 e. The number of rotatable bonds is 7. The molecule has 1 rings (SSSR count). The summed E-state index contributed by atoms with van der Waals surface area (Å²) in [6.45, 7) is 2.37. The van der Waals surface area contributed by atoms with Gasteiger partial charge in [0.05, 0.1) is 11.6 Å². The van der Waals surface area contributed by atoms with Crippen molar-refractivity contribution in [1.82, 2.24) is 9.62 Å². The number of sulfonamides is 1. The number of benzene rings is 1. The van der Waals surface area contributed by atoms with Gasteiger partial charge in [-0.15, -0.1) is 0 Å². The normalized spacial score (nSPS) is 13.7. The van der Waals surface area contributed by atoms with Crippen LogP contribution >= 0.6 is 11.6 Å². The number of halogens is 1. The molecule has 0 saturated carbocycles. The standard InChI is InChI=1S/C13H21ClN2O3S/c1-10(6-7-16(2)3)15-20(18,19)13-8-11(9-17)4-5-12(13)14/h4-5,8,10,15,17H,6-7,9H2,1-3H3. The van der Waals surface area contributed by atoms with E-state index in [1.165, 1.54) is 12.1 Å². The molecule has 0 bridgehead atoms. The van der Waals surface area contributed by atoms with Crippen LogP contribution in [-0.4, -0.2) is 45.1 Å². The van der Waals surface area contributed by atoms with Gasteiger partial charge in [-0.25, -0.2) is 13.1 Å². The Hall–Kier alpha value is -0.660. The molecule has 1 aromatic rings. The smallest absolute Gasteiger partial charge is 0.242 e. The van der Waals surface area contributed by atoms with Gasteiger partial charge < -0.3 is 10.0 Å². The Balaban J connectivity index is 2.88. The maximum Gasteiger partial charge on any atom is 0.242 e. The third-order valence-electron chi connectivity index (χ3n) is 2.83. The highest BCUT2D eigenvalue weighted by Gasteiger charge is 2.20. The molecule has 0 amide bonds. The summed E-state index contributed by atoms with van der Waals surface area (Å²) in [7, 11) is 0.184. The molecule has 2 N–H and O–H groups in total. The molecule has 7 heteroatoms. The van der Waals surface area contributed by atoms with Crippen LogP contribution in [0.5, 0.6) is 0 Å². The zero-order chi connectivity index (χ0) is 15.3. The van der Waals surface area contributed by atoms with Gasteiger partial charge in [0.2, 0.25) is 10.0 Å². The predicted molar refractivity (Wildman–Crippen MR) is 80.3 cm³/mol. The monoisotopic (exact) mass is 320 g/mol. The molecular formula is C13H21ClN2O3S. The van der Waals surface area contributed by atoms with Gasteiger partial charge in [-0.3, -0.25) is 0 Å². The maximum atomic E-state index is 12.3. The van der Waals surface area contributed by atoms with Crippen LogP contribution in [-0.2, 0) is 16.6 Å². The molecule has 0 aromatic heterocycles. The van der Waals surface area contributed by atoms with Crippen LogP contribution < -0.4 is 4.72 Å². The average Bonchev–Trinajstić information content (AvgIpc) is 2.36. The Kier molecular flexibility index (Phi) is 6.42. The van der Waals surface area contributed by atoms with Crippen LogP contribution in [0.15, 0.2) is 23.1 Å². The minimum atomic E-state index is -3.68. The Morgan fingerprint density at radius 2 is 2.05 bits per heavy atom. The van der Waals surface area contributed by atoms with Gasteiger partial charge >= 0.3 is 0 Å². The predicted octanol–water partition coefficient (Wildman–Crippen LogP) is 1.45. The van der Waals surface area contributed by atoms with E-state index >= 15 is 0 Å². The van der Waals surface area contributed by atoms with Crippen molar-refractivity contribution in [2.24, 2.45) is 0 Å². The summed E-state index contributed by atoms with van der Waals surface area (Å²) in [6, 6.07) is 4.27. The molecule has 1 unspecified atom stereocenters. The van der Waals surface area contributed by atoms with Crippen LogP contribution in [0.1, 0.15) is 18.9 Å². The molecule has 0 heterocycles. The Morgan fingerprint density at radius 1 is 1.40 bits per heavy atom. The van der Waals surface area contributed by atoms with Crippen molar-refractivity contribution in [3.05, 3.63) is 28.8 Å². The average molecular weight is 321 g/mol. The molecule has 0 radical (unpaired) electrons. The lowest BCUT2D eigenvalue weighted by Crippen LogP contribution is -2.35. The summed E-state index contributed by atoms with van der Waals surface area (Å²) in [5.74, 6) is 0. The van der Waals surface area contributed by atoms with E-state index < -0.39 is 10.0 Å². The molecule has 114 valence electrons. The zero-order valence-electron chi connectivity index (χ0n) is 11.9. The molecule has 1 atom stereocenters. The maximum absolute atomic E-state index is 12.3. The van der Waals surface area contributed by atoms with Crippen LogP contribution in [0, 0.1) is 0 Å². The summed E-state index contributed by atoms with van der Waals surface area (Å²) >= 11 is 5.94. The van der Waals surface area contributed by atoms with Crippen LogP contribution in [0.3, 0.4) is 0 Å². The van der Waals surface area contributed by atoms with Gasteiger partial charge in [-0.05, 0) is 51.7 Å². The van der Waals surface area contributed by atoms with Crippen molar-refractivity contribution in [3.63, 3.8) is 0 Å². The van der Waals surface area contributed by atoms with E-state index in [1.54, 1.807) is 6.07 Å². The highest BCUT2D eigenvalue weighted by molar-refractivity contribution is 7.89. The van der Waals surface area contributed by atoms with Gasteiger partial charge in [-0.2, -0.15) is 0 Å². The van der Waals surface area contributed by atoms with Gasteiger partial charge in [-0.1, -0.05) is 17.7 Å². The fourth-order valence-corrected chi connectivity index (χ4v) is 3.52. The zero-order valence-corrected chi connectivity index (χ0v) is 13.5. The van der Waals surface area contributed by atoms with Crippen LogP contribution in [0.25, 0.3) is 0 Å². The molecule has 20 heavy (non-hydrogen) atoms. The summed E-state index contributed by atoms with van der Waals surface area (Å²) in [5.41, 5.74) is 0.510. The van der Waals surface area contributed by atoms with E-state index in [0.29, 0.717) is 12.0 Å². The van der Waals surface area contributed by atoms with Crippen LogP contribution in [0.2, 0.25) is 5.02 Å². The van der Waals surface area contributed by atoms with E-state index in [2.05, 4.69) is 4.72 Å². The van der Waals surface area contributed by atoms with Crippen molar-refractivity contribution >= 4 is 21.6 Å². The van der Waals surface area contributed by atoms with Gasteiger partial charge in [0.25, 0.3) is 0 Å². The first-order valence-electron chi connectivity index (χ1n) is 6.32. The van der Waals surface area contributed by atoms with Crippen molar-refractivity contribution in [2.75, 3.05) is 20.6 Å². The van der Waals surface area contributed by atoms with Gasteiger partial charge in [0.15, 0.2) is 0 Å². The Bertz CT molecular complexity index is 547. The topological polar surface area (TPSA) is 69.6 Å². The van der Waals surface area contributed by atoms with Crippen molar-refractivity contribution < 1.29 is 13.5 Å². The van der Waals surface area contributed by atoms with E-state index in [-0.39, 0.29) is 22.6 Å². The second-order valence-electron chi connectivity index (χ2n) is 5.04. The molecule has 0 saturated heterocycles. The number of aliphatic hydroxyl groups is 1. The molecular weight excluding hydrogens is 300 g/mol. The quantitative estimate of drug-likeness (QED) is 0.798. The SMILES string of the molecule is CC(CCN(C)C)NS(=O)(=O)c1cc(CO)ccc1Cl. The third-order valence-corrected chi connectivity index (χ3v) is 4.90. The van der Waals surface area contributed by atoms with Gasteiger partial charge in [0, 0.05) is 6.04 Å². The number of hydrogen-bond donors (Lipinski definition) is 2. The first-order valence-corrected chi connectivity index (χ1v) is 8.18. The molecule has 5 nitrogen and oxygen atoms in total. The van der Waals surface area contributed by atoms with Crippen LogP contribution in [0.4, 0.5) is 0 Å². The summed E-state index contributed by atoms with van der Waals surface area (Å²) in [4.78, 5) is 1.99. The lowest BCUT2D eigenvalue weighted by Gasteiger charge is -2.17. The molecule has 1 aromatic carbocycles. The molecule has 0 aliphatic heterocycles. The number of nitrogens with one attached hydrogen (secondary N) is 1. The molecule has 0 aliphatic rings. The fraction of sp³-hybridized carbons (Fsp3) is 0.538. The second-order valence-corrected chi connectivity index (χ2v) is 7.13. The lowest BCUT2D eigenvalue weighted by molar-refractivity contribution is 0.281. The highest BCUT2D eigenvalue weighted by atomic mass is 35.5. The van der Waals surface area contributed by atoms with Gasteiger partial charge in [0.1, 0.15) is 4.90 Å². The number of hydrogen-bond acceptors (Lipinski definition) is 4. The molecule has 0 fully saturated rings. The van der Waals surface area contributed by atoms with E-state index in [1.807, 2.05) is 25.9 Å². The number of aliphatic hydroxyl groups excluding tert-OH is 1. The summed E-state index contributed by atoms with van der Waals surface area (Å²) < 4.78 is 27.2. The minimum Gasteiger partial charge on any atom is -0.392 e. The van der Waals surface area contributed by atoms with E-state index in [9.17, 15) is 8.42 Å². The van der Waals surface area contributed by atoms with Crippen molar-refractivity contribution in [2.45, 2.75) is 30.9 Å². The molecule has 0 aliphatic carbocycles. The Morgan fingerprint density at radius 3 is 2.60 bits per heavy atom. The minimum absolute atomic E-state index is 0.00224. The van der Waals surface area contributed by atoms with Crippen molar-refractivity contribution in [1.29, 1.82) is 0 Å². The third kappa shape index (κ3) is 5.03. The second kappa shape index (κ2) is 7.38. The summed E-state index contributed by atoms with van der Waals surface area (Å²) in [6.07, 6.45) is 0.698.